The van der Waals surface area contributed by atoms with E-state index in [0.717, 1.165) is 18.0 Å². The van der Waals surface area contributed by atoms with E-state index >= 15 is 0 Å². The number of rotatable bonds is 2. The fourth-order valence-corrected chi connectivity index (χ4v) is 2.10. The normalized spacial score (nSPS) is 22.8. The first-order valence-electron chi connectivity index (χ1n) is 4.31. The van der Waals surface area contributed by atoms with Crippen LogP contribution in [0.2, 0.25) is 0 Å². The van der Waals surface area contributed by atoms with Gasteiger partial charge in [-0.15, -0.1) is 11.3 Å². The molecule has 2 heterocycles. The molecule has 2 rings (SSSR count). The van der Waals surface area contributed by atoms with Crippen molar-refractivity contribution in [1.82, 2.24) is 10.3 Å². The van der Waals surface area contributed by atoms with Crippen LogP contribution in [0.5, 0.6) is 0 Å². The van der Waals surface area contributed by atoms with Crippen LogP contribution in [0.3, 0.4) is 0 Å². The molecule has 13 heavy (non-hydrogen) atoms. The maximum atomic E-state index is 9.35. The average Bonchev–Trinajstić information content (AvgIpc) is 2.57. The Balaban J connectivity index is 2.02. The average molecular weight is 196 g/mol. The zero-order valence-electron chi connectivity index (χ0n) is 7.23. The van der Waals surface area contributed by atoms with Crippen LogP contribution in [0.1, 0.15) is 5.01 Å². The van der Waals surface area contributed by atoms with Crippen LogP contribution in [0.15, 0.2) is 23.2 Å². The first-order chi connectivity index (χ1) is 6.34. The molecule has 0 bridgehead atoms. The molecule has 1 unspecified atom stereocenters. The molecule has 2 N–H and O–H groups in total. The van der Waals surface area contributed by atoms with Gasteiger partial charge < -0.3 is 10.4 Å². The molecule has 0 fully saturated rings. The summed E-state index contributed by atoms with van der Waals surface area (Å²) in [6, 6.07) is 0. The van der Waals surface area contributed by atoms with Gasteiger partial charge in [0.25, 0.3) is 0 Å². The molecule has 3 nitrogen and oxygen atoms in total. The number of nitrogens with zero attached hydrogens (tertiary/aromatic N) is 1. The van der Waals surface area contributed by atoms with Crippen molar-refractivity contribution in [2.24, 2.45) is 0 Å². The largest absolute Gasteiger partial charge is 0.388 e. The van der Waals surface area contributed by atoms with Gasteiger partial charge in [-0.25, -0.2) is 4.98 Å². The van der Waals surface area contributed by atoms with E-state index < -0.39 is 0 Å². The zero-order valence-corrected chi connectivity index (χ0v) is 8.05. The summed E-state index contributed by atoms with van der Waals surface area (Å²) in [4.78, 5) is 4.20. The molecule has 0 radical (unpaired) electrons. The van der Waals surface area contributed by atoms with Gasteiger partial charge in [-0.1, -0.05) is 11.6 Å². The lowest BCUT2D eigenvalue weighted by Crippen LogP contribution is -2.32. The van der Waals surface area contributed by atoms with Crippen molar-refractivity contribution >= 4 is 11.3 Å². The second kappa shape index (κ2) is 4.00. The third-order valence-corrected chi connectivity index (χ3v) is 2.78. The first kappa shape index (κ1) is 8.87. The van der Waals surface area contributed by atoms with Gasteiger partial charge in [-0.05, 0) is 0 Å². The number of hydrogen-bond acceptors (Lipinski definition) is 4. The predicted molar refractivity (Wildman–Crippen MR) is 52.8 cm³/mol. The zero-order chi connectivity index (χ0) is 9.10. The Bertz CT molecular complexity index is 295. The Morgan fingerprint density at radius 2 is 2.62 bits per heavy atom. The summed E-state index contributed by atoms with van der Waals surface area (Å²) >= 11 is 1.66. The number of aromatic nitrogens is 1. The van der Waals surface area contributed by atoms with E-state index in [1.54, 1.807) is 11.3 Å². The minimum absolute atomic E-state index is 0.330. The minimum atomic E-state index is -0.330. The van der Waals surface area contributed by atoms with Crippen molar-refractivity contribution < 1.29 is 5.11 Å². The van der Waals surface area contributed by atoms with Gasteiger partial charge in [-0.2, -0.15) is 0 Å². The molecule has 70 valence electrons. The van der Waals surface area contributed by atoms with Gasteiger partial charge in [0.15, 0.2) is 0 Å². The van der Waals surface area contributed by atoms with Crippen molar-refractivity contribution in [3.63, 3.8) is 0 Å². The molecular weight excluding hydrogens is 184 g/mol. The highest BCUT2D eigenvalue weighted by Crippen LogP contribution is 2.12. The number of hydrogen-bond donors (Lipinski definition) is 2. The molecule has 0 aromatic carbocycles. The predicted octanol–water partition coefficient (Wildman–Crippen LogP) is 0.576. The molecule has 1 atom stereocenters. The molecule has 4 heteroatoms. The molecule has 1 aliphatic rings. The summed E-state index contributed by atoms with van der Waals surface area (Å²) < 4.78 is 0. The Labute approximate surface area is 81.1 Å². The number of nitrogens with one attached hydrogen (secondary N) is 1. The van der Waals surface area contributed by atoms with E-state index in [4.69, 9.17) is 0 Å². The molecule has 1 aromatic rings. The first-order valence-corrected chi connectivity index (χ1v) is 5.19. The number of aliphatic hydroxyl groups excluding tert-OH is 1. The summed E-state index contributed by atoms with van der Waals surface area (Å²) in [6.45, 7) is 1.54. The highest BCUT2D eigenvalue weighted by molar-refractivity contribution is 7.09. The lowest BCUT2D eigenvalue weighted by Gasteiger charge is -2.17. The van der Waals surface area contributed by atoms with Crippen LogP contribution in [-0.2, 0) is 6.42 Å². The van der Waals surface area contributed by atoms with Crippen LogP contribution < -0.4 is 5.32 Å². The van der Waals surface area contributed by atoms with E-state index in [1.807, 2.05) is 17.7 Å². The minimum Gasteiger partial charge on any atom is -0.388 e. The number of aliphatic hydroxyl groups is 1. The fourth-order valence-electron chi connectivity index (χ4n) is 1.43. The lowest BCUT2D eigenvalue weighted by atomic mass is 10.1. The van der Waals surface area contributed by atoms with Crippen molar-refractivity contribution in [1.29, 1.82) is 0 Å². The standard InChI is InChI=1S/C9H12N2OS/c12-8-3-7(5-10-6-8)4-9-11-1-2-13-9/h1-3,8,10,12H,4-6H2. The third-order valence-electron chi connectivity index (χ3n) is 2.00. The Morgan fingerprint density at radius 3 is 3.31 bits per heavy atom. The molecular formula is C9H12N2OS. The summed E-state index contributed by atoms with van der Waals surface area (Å²) in [5, 5.41) is 15.6. The third kappa shape index (κ3) is 2.37. The topological polar surface area (TPSA) is 45.2 Å². The maximum Gasteiger partial charge on any atom is 0.0965 e. The van der Waals surface area contributed by atoms with E-state index in [-0.39, 0.29) is 6.10 Å². The van der Waals surface area contributed by atoms with Gasteiger partial charge in [0, 0.05) is 31.1 Å². The van der Waals surface area contributed by atoms with Gasteiger partial charge >= 0.3 is 0 Å². The van der Waals surface area contributed by atoms with Crippen molar-refractivity contribution in [3.05, 3.63) is 28.2 Å². The number of β-amino-alcohol motifs (C(OH)–C–C–N with tert-alkyl or cyclic N) is 1. The van der Waals surface area contributed by atoms with E-state index in [9.17, 15) is 5.11 Å². The molecule has 1 aliphatic heterocycles. The summed E-state index contributed by atoms with van der Waals surface area (Å²) in [5.41, 5.74) is 1.23. The summed E-state index contributed by atoms with van der Waals surface area (Å²) in [5.74, 6) is 0. The van der Waals surface area contributed by atoms with Crippen molar-refractivity contribution in [2.75, 3.05) is 13.1 Å². The Hall–Kier alpha value is -0.710. The number of thiazole rings is 1. The highest BCUT2D eigenvalue weighted by Gasteiger charge is 2.10. The van der Waals surface area contributed by atoms with Crippen molar-refractivity contribution in [2.45, 2.75) is 12.5 Å². The van der Waals surface area contributed by atoms with Gasteiger partial charge in [0.05, 0.1) is 11.1 Å². The SMILES string of the molecule is OC1C=C(Cc2nccs2)CNC1. The van der Waals surface area contributed by atoms with Crippen LogP contribution in [0, 0.1) is 0 Å². The van der Waals surface area contributed by atoms with Crippen LogP contribution >= 0.6 is 11.3 Å². The lowest BCUT2D eigenvalue weighted by molar-refractivity contribution is 0.213. The van der Waals surface area contributed by atoms with Gasteiger partial charge in [0.1, 0.15) is 0 Å². The quantitative estimate of drug-likeness (QED) is 0.680. The van der Waals surface area contributed by atoms with Crippen LogP contribution in [0.25, 0.3) is 0 Å². The van der Waals surface area contributed by atoms with E-state index in [0.29, 0.717) is 6.54 Å². The highest BCUT2D eigenvalue weighted by atomic mass is 32.1. The second-order valence-electron chi connectivity index (χ2n) is 3.13. The molecule has 0 amide bonds. The molecule has 0 saturated carbocycles. The summed E-state index contributed by atoms with van der Waals surface area (Å²) in [7, 11) is 0. The Morgan fingerprint density at radius 1 is 1.69 bits per heavy atom. The van der Waals surface area contributed by atoms with Crippen LogP contribution in [-0.4, -0.2) is 29.3 Å². The maximum absolute atomic E-state index is 9.35. The van der Waals surface area contributed by atoms with Crippen LogP contribution in [0.4, 0.5) is 0 Å². The smallest absolute Gasteiger partial charge is 0.0965 e. The summed E-state index contributed by atoms with van der Waals surface area (Å²) in [6.07, 6.45) is 4.27. The molecule has 0 aliphatic carbocycles. The van der Waals surface area contributed by atoms with E-state index in [1.165, 1.54) is 5.57 Å². The van der Waals surface area contributed by atoms with Gasteiger partial charge in [-0.3, -0.25) is 0 Å². The fraction of sp³-hybridized carbons (Fsp3) is 0.444. The second-order valence-corrected chi connectivity index (χ2v) is 4.10. The van der Waals surface area contributed by atoms with E-state index in [2.05, 4.69) is 10.3 Å². The Kier molecular flexibility index (Phi) is 2.73. The van der Waals surface area contributed by atoms with Crippen molar-refractivity contribution in [3.8, 4) is 0 Å². The molecule has 1 aromatic heterocycles. The van der Waals surface area contributed by atoms with Gasteiger partial charge in [0.2, 0.25) is 0 Å². The molecule has 0 saturated heterocycles. The molecule has 0 spiro atoms. The monoisotopic (exact) mass is 196 g/mol.